The summed E-state index contributed by atoms with van der Waals surface area (Å²) < 4.78 is 6.55. The van der Waals surface area contributed by atoms with E-state index in [1.165, 1.54) is 78.8 Å². The maximum atomic E-state index is 3.85. The number of rotatable bonds is 2. The van der Waals surface area contributed by atoms with Gasteiger partial charge >= 0.3 is 0 Å². The zero-order chi connectivity index (χ0) is 22.6. The number of aryl methyl sites for hydroxylation is 1. The number of hydrogen-bond donors (Lipinski definition) is 0. The predicted molar refractivity (Wildman–Crippen MR) is 153 cm³/mol. The lowest BCUT2D eigenvalue weighted by Crippen LogP contribution is -1.80. The van der Waals surface area contributed by atoms with E-state index in [2.05, 4.69) is 90.7 Å². The SMILES string of the molecule is C=C/C=C\c1c(C)sc2cc3c(cc12)c1cccc2c4cc5c(cc4n3c12)sc1ccccc15. The number of hydrogen-bond acceptors (Lipinski definition) is 2. The summed E-state index contributed by atoms with van der Waals surface area (Å²) in [5.74, 6) is 0. The van der Waals surface area contributed by atoms with E-state index in [9.17, 15) is 0 Å². The Morgan fingerprint density at radius 2 is 1.35 bits per heavy atom. The fourth-order valence-corrected chi connectivity index (χ4v) is 7.98. The molecule has 4 aromatic carbocycles. The molecule has 0 atom stereocenters. The van der Waals surface area contributed by atoms with Gasteiger partial charge in [0.2, 0.25) is 0 Å². The first-order valence-electron chi connectivity index (χ1n) is 11.5. The minimum atomic E-state index is 1.30. The molecular formula is C31H19NS2. The standard InChI is InChI=1S/C31H19NS2/c1-3-4-8-18-17(2)33-29-15-26-22(13-24(18)29)20-10-7-11-21-23-14-25-19-9-5-6-12-28(19)34-30(25)16-27(23)32(26)31(20)21/h3-16H,1H2,2H3/b8-4-. The van der Waals surface area contributed by atoms with Crippen molar-refractivity contribution in [3.63, 3.8) is 0 Å². The second kappa shape index (κ2) is 6.47. The van der Waals surface area contributed by atoms with Gasteiger partial charge in [-0.1, -0.05) is 61.2 Å². The average molecular weight is 470 g/mol. The van der Waals surface area contributed by atoms with Gasteiger partial charge in [-0.15, -0.1) is 22.7 Å². The maximum absolute atomic E-state index is 3.85. The Morgan fingerprint density at radius 3 is 2.12 bits per heavy atom. The second-order valence-corrected chi connectivity index (χ2v) is 11.4. The summed E-state index contributed by atoms with van der Waals surface area (Å²) >= 11 is 3.77. The minimum Gasteiger partial charge on any atom is -0.308 e. The van der Waals surface area contributed by atoms with Crippen molar-refractivity contribution in [2.45, 2.75) is 6.92 Å². The Hall–Kier alpha value is -3.66. The first-order valence-corrected chi connectivity index (χ1v) is 13.1. The van der Waals surface area contributed by atoms with Crippen molar-refractivity contribution < 1.29 is 0 Å². The highest BCUT2D eigenvalue weighted by Gasteiger charge is 2.20. The van der Waals surface area contributed by atoms with Gasteiger partial charge in [0, 0.05) is 56.7 Å². The van der Waals surface area contributed by atoms with E-state index in [0.29, 0.717) is 0 Å². The Balaban J connectivity index is 1.58. The first kappa shape index (κ1) is 18.7. The lowest BCUT2D eigenvalue weighted by Gasteiger charge is -2.00. The number of allylic oxidation sites excluding steroid dienone is 2. The number of nitrogens with zero attached hydrogens (tertiary/aromatic N) is 1. The summed E-state index contributed by atoms with van der Waals surface area (Å²) in [5.41, 5.74) is 5.25. The van der Waals surface area contributed by atoms with Crippen molar-refractivity contribution in [3.8, 4) is 0 Å². The van der Waals surface area contributed by atoms with Crippen molar-refractivity contribution in [3.05, 3.63) is 95.9 Å². The zero-order valence-electron chi connectivity index (χ0n) is 18.6. The van der Waals surface area contributed by atoms with Gasteiger partial charge in [0.15, 0.2) is 0 Å². The molecular weight excluding hydrogens is 450 g/mol. The Morgan fingerprint density at radius 1 is 0.676 bits per heavy atom. The van der Waals surface area contributed by atoms with Crippen LogP contribution in [-0.4, -0.2) is 4.40 Å². The van der Waals surface area contributed by atoms with Crippen LogP contribution in [0.5, 0.6) is 0 Å². The molecule has 0 fully saturated rings. The summed E-state index contributed by atoms with van der Waals surface area (Å²) in [4.78, 5) is 1.35. The molecule has 4 heterocycles. The summed E-state index contributed by atoms with van der Waals surface area (Å²) in [6.07, 6.45) is 6.08. The van der Waals surface area contributed by atoms with Crippen molar-refractivity contribution >= 4 is 97.1 Å². The third-order valence-electron chi connectivity index (χ3n) is 7.25. The monoisotopic (exact) mass is 469 g/mol. The topological polar surface area (TPSA) is 4.41 Å². The van der Waals surface area contributed by atoms with Crippen LogP contribution in [0.4, 0.5) is 0 Å². The average Bonchev–Trinajstić information content (AvgIpc) is 3.56. The summed E-state index contributed by atoms with van der Waals surface area (Å²) in [6, 6.07) is 25.2. The summed E-state index contributed by atoms with van der Waals surface area (Å²) in [7, 11) is 0. The Kier molecular flexibility index (Phi) is 3.57. The van der Waals surface area contributed by atoms with Crippen LogP contribution in [-0.2, 0) is 0 Å². The molecule has 3 heteroatoms. The second-order valence-electron chi connectivity index (χ2n) is 9.03. The molecule has 0 saturated carbocycles. The molecule has 0 aliphatic rings. The van der Waals surface area contributed by atoms with Crippen molar-refractivity contribution in [1.29, 1.82) is 0 Å². The van der Waals surface area contributed by atoms with Crippen LogP contribution in [0.1, 0.15) is 10.4 Å². The van der Waals surface area contributed by atoms with E-state index in [1.807, 2.05) is 34.8 Å². The van der Waals surface area contributed by atoms with Crippen LogP contribution in [0.25, 0.3) is 74.4 Å². The largest absolute Gasteiger partial charge is 0.308 e. The van der Waals surface area contributed by atoms with Gasteiger partial charge in [0.1, 0.15) is 0 Å². The molecule has 1 nitrogen and oxygen atoms in total. The number of aromatic nitrogens is 1. The van der Waals surface area contributed by atoms with Gasteiger partial charge in [-0.2, -0.15) is 0 Å². The molecule has 0 spiro atoms. The smallest absolute Gasteiger partial charge is 0.0620 e. The van der Waals surface area contributed by atoms with Crippen LogP contribution in [0.15, 0.2) is 85.5 Å². The quantitative estimate of drug-likeness (QED) is 0.222. The van der Waals surface area contributed by atoms with Crippen molar-refractivity contribution in [2.24, 2.45) is 0 Å². The van der Waals surface area contributed by atoms with Gasteiger partial charge in [-0.05, 0) is 42.8 Å². The molecule has 0 bridgehead atoms. The van der Waals surface area contributed by atoms with Gasteiger partial charge < -0.3 is 4.40 Å². The highest BCUT2D eigenvalue weighted by atomic mass is 32.1. The van der Waals surface area contributed by atoms with Crippen LogP contribution in [0.2, 0.25) is 0 Å². The molecule has 8 rings (SSSR count). The first-order chi connectivity index (χ1) is 16.7. The normalized spacial score (nSPS) is 12.9. The van der Waals surface area contributed by atoms with E-state index >= 15 is 0 Å². The third kappa shape index (κ3) is 2.24. The van der Waals surface area contributed by atoms with Gasteiger partial charge in [-0.25, -0.2) is 0 Å². The highest BCUT2D eigenvalue weighted by molar-refractivity contribution is 7.25. The van der Waals surface area contributed by atoms with Crippen LogP contribution in [0.3, 0.4) is 0 Å². The Bertz CT molecular complexity index is 2150. The van der Waals surface area contributed by atoms with Crippen molar-refractivity contribution in [2.75, 3.05) is 0 Å². The fraction of sp³-hybridized carbons (Fsp3) is 0.0323. The number of benzene rings is 4. The van der Waals surface area contributed by atoms with Gasteiger partial charge in [-0.3, -0.25) is 0 Å². The summed E-state index contributed by atoms with van der Waals surface area (Å²) in [5, 5.41) is 9.40. The van der Waals surface area contributed by atoms with Crippen molar-refractivity contribution in [1.82, 2.24) is 4.40 Å². The lowest BCUT2D eigenvalue weighted by atomic mass is 10.0. The molecule has 8 aromatic rings. The van der Waals surface area contributed by atoms with Gasteiger partial charge in [0.25, 0.3) is 0 Å². The molecule has 0 unspecified atom stereocenters. The third-order valence-corrected chi connectivity index (χ3v) is 9.46. The summed E-state index contributed by atoms with van der Waals surface area (Å²) in [6.45, 7) is 6.07. The fourth-order valence-electron chi connectivity index (χ4n) is 5.80. The molecule has 0 N–H and O–H groups in total. The molecule has 0 radical (unpaired) electrons. The highest BCUT2D eigenvalue weighted by Crippen LogP contribution is 2.45. The van der Waals surface area contributed by atoms with Crippen LogP contribution < -0.4 is 0 Å². The maximum Gasteiger partial charge on any atom is 0.0620 e. The molecule has 0 aliphatic carbocycles. The van der Waals surface area contributed by atoms with Crippen LogP contribution in [0, 0.1) is 6.92 Å². The molecule has 0 aliphatic heterocycles. The molecule has 4 aromatic heterocycles. The van der Waals surface area contributed by atoms with E-state index < -0.39 is 0 Å². The number of para-hydroxylation sites is 1. The zero-order valence-corrected chi connectivity index (χ0v) is 20.2. The van der Waals surface area contributed by atoms with E-state index in [-0.39, 0.29) is 0 Å². The molecule has 0 saturated heterocycles. The Labute approximate surface area is 203 Å². The number of thiophene rings is 2. The van der Waals surface area contributed by atoms with Gasteiger partial charge in [0.05, 0.1) is 16.6 Å². The lowest BCUT2D eigenvalue weighted by molar-refractivity contribution is 1.38. The molecule has 0 amide bonds. The number of fused-ring (bicyclic) bond motifs is 10. The van der Waals surface area contributed by atoms with E-state index in [0.717, 1.165) is 0 Å². The van der Waals surface area contributed by atoms with Crippen LogP contribution >= 0.6 is 22.7 Å². The minimum absolute atomic E-state index is 1.30. The predicted octanol–water partition coefficient (Wildman–Crippen LogP) is 9.93. The van der Waals surface area contributed by atoms with E-state index in [1.54, 1.807) is 0 Å². The van der Waals surface area contributed by atoms with E-state index in [4.69, 9.17) is 0 Å². The molecule has 34 heavy (non-hydrogen) atoms. The molecule has 160 valence electrons.